The summed E-state index contributed by atoms with van der Waals surface area (Å²) in [5, 5.41) is 13.3. The molecule has 12 heteroatoms. The molecule has 2 aromatic carbocycles. The second-order valence-electron chi connectivity index (χ2n) is 8.23. The molecular weight excluding hydrogens is 481 g/mol. The Bertz CT molecular complexity index is 1360. The van der Waals surface area contributed by atoms with E-state index in [0.717, 1.165) is 10.7 Å². The van der Waals surface area contributed by atoms with E-state index in [1.54, 1.807) is 14.1 Å². The van der Waals surface area contributed by atoms with Crippen LogP contribution in [0, 0.1) is 0 Å². The molecule has 2 heterocycles. The number of carbonyl (C=O) groups excluding carboxylic acids is 2. The van der Waals surface area contributed by atoms with Gasteiger partial charge in [-0.2, -0.15) is 18.3 Å². The molecule has 0 spiro atoms. The number of hydrogen-bond donors (Lipinski definition) is 1. The van der Waals surface area contributed by atoms with Crippen molar-refractivity contribution < 1.29 is 37.4 Å². The van der Waals surface area contributed by atoms with Crippen LogP contribution in [0.25, 0.3) is 5.69 Å². The lowest BCUT2D eigenvalue weighted by Gasteiger charge is -2.28. The monoisotopic (exact) mass is 502 g/mol. The smallest absolute Gasteiger partial charge is 0.435 e. The first-order valence-electron chi connectivity index (χ1n) is 10.7. The predicted molar refractivity (Wildman–Crippen MR) is 122 cm³/mol. The molecule has 2 amide bonds. The third-order valence-electron chi connectivity index (χ3n) is 5.78. The molecule has 3 aromatic rings. The van der Waals surface area contributed by atoms with Crippen LogP contribution < -0.4 is 9.64 Å². The van der Waals surface area contributed by atoms with Gasteiger partial charge in [-0.3, -0.25) is 9.59 Å². The lowest BCUT2D eigenvalue weighted by molar-refractivity contribution is -0.141. The minimum atomic E-state index is -4.86. The molecule has 0 aliphatic carbocycles. The molecule has 0 radical (unpaired) electrons. The van der Waals surface area contributed by atoms with E-state index in [2.05, 4.69) is 5.10 Å². The number of carbonyl (C=O) groups is 3. The van der Waals surface area contributed by atoms with Gasteiger partial charge in [0.05, 0.1) is 18.4 Å². The number of nitrogens with zero attached hydrogens (tertiary/aromatic N) is 4. The summed E-state index contributed by atoms with van der Waals surface area (Å²) in [6.45, 7) is -0.0595. The summed E-state index contributed by atoms with van der Waals surface area (Å²) in [5.41, 5.74) is -1.78. The van der Waals surface area contributed by atoms with Crippen LogP contribution in [0.15, 0.2) is 42.5 Å². The van der Waals surface area contributed by atoms with E-state index in [9.17, 15) is 32.7 Å². The van der Waals surface area contributed by atoms with Gasteiger partial charge in [0, 0.05) is 37.5 Å². The van der Waals surface area contributed by atoms with Crippen LogP contribution in [-0.2, 0) is 12.6 Å². The highest BCUT2D eigenvalue weighted by Crippen LogP contribution is 2.37. The zero-order valence-electron chi connectivity index (χ0n) is 19.5. The predicted octanol–water partition coefficient (Wildman–Crippen LogP) is 3.50. The van der Waals surface area contributed by atoms with Crippen LogP contribution in [-0.4, -0.2) is 65.3 Å². The van der Waals surface area contributed by atoms with Crippen molar-refractivity contribution in [3.63, 3.8) is 0 Å². The maximum atomic E-state index is 13.8. The van der Waals surface area contributed by atoms with Crippen LogP contribution in [0.1, 0.15) is 42.5 Å². The van der Waals surface area contributed by atoms with Crippen molar-refractivity contribution in [3.8, 4) is 11.4 Å². The Morgan fingerprint density at radius 3 is 2.33 bits per heavy atom. The van der Waals surface area contributed by atoms with Gasteiger partial charge in [0.15, 0.2) is 5.69 Å². The minimum absolute atomic E-state index is 0.0595. The summed E-state index contributed by atoms with van der Waals surface area (Å²) in [6, 6.07) is 9.85. The molecule has 0 fully saturated rings. The largest absolute Gasteiger partial charge is 0.497 e. The van der Waals surface area contributed by atoms with Crippen LogP contribution in [0.3, 0.4) is 0 Å². The fraction of sp³-hybridized carbons (Fsp3) is 0.250. The van der Waals surface area contributed by atoms with Crippen molar-refractivity contribution in [1.82, 2.24) is 14.7 Å². The SMILES string of the molecule is COc1ccc(-n2nc(C(F)(F)F)c3c2C(=O)N(c2ccc(C(=O)N(C)C)cc2)CC3)c(C(=O)O)c1. The topological polar surface area (TPSA) is 105 Å². The molecule has 0 atom stereocenters. The highest BCUT2D eigenvalue weighted by molar-refractivity contribution is 6.08. The first-order valence-corrected chi connectivity index (χ1v) is 10.7. The standard InChI is InChI=1S/C24H21F3N4O5/c1-29(2)21(32)13-4-6-14(7-5-13)30-11-10-16-19(22(30)33)31(28-20(16)24(25,26)27)18-9-8-15(36-3)12-17(18)23(34)35/h4-9,12H,10-11H2,1-3H3,(H,34,35). The summed E-state index contributed by atoms with van der Waals surface area (Å²) in [7, 11) is 4.50. The number of methoxy groups -OCH3 is 1. The number of halogens is 3. The third-order valence-corrected chi connectivity index (χ3v) is 5.78. The second kappa shape index (κ2) is 9.02. The van der Waals surface area contributed by atoms with Crippen molar-refractivity contribution in [2.24, 2.45) is 0 Å². The van der Waals surface area contributed by atoms with E-state index in [0.29, 0.717) is 11.3 Å². The Kier molecular flexibility index (Phi) is 6.21. The molecule has 1 N–H and O–H groups in total. The molecule has 36 heavy (non-hydrogen) atoms. The first-order chi connectivity index (χ1) is 16.9. The summed E-state index contributed by atoms with van der Waals surface area (Å²) in [6.07, 6.45) is -5.02. The van der Waals surface area contributed by atoms with Gasteiger partial charge in [-0.25, -0.2) is 9.48 Å². The molecule has 0 saturated carbocycles. The Hall–Kier alpha value is -4.35. The van der Waals surface area contributed by atoms with E-state index in [1.807, 2.05) is 0 Å². The first kappa shape index (κ1) is 24.8. The number of carboxylic acids is 1. The number of fused-ring (bicyclic) bond motifs is 1. The number of amides is 2. The Morgan fingerprint density at radius 2 is 1.78 bits per heavy atom. The molecule has 0 unspecified atom stereocenters. The van der Waals surface area contributed by atoms with Gasteiger partial charge in [0.2, 0.25) is 0 Å². The van der Waals surface area contributed by atoms with Gasteiger partial charge in [0.25, 0.3) is 11.8 Å². The highest BCUT2D eigenvalue weighted by atomic mass is 19.4. The molecule has 188 valence electrons. The quantitative estimate of drug-likeness (QED) is 0.573. The molecule has 1 aromatic heterocycles. The van der Waals surface area contributed by atoms with Gasteiger partial charge in [-0.15, -0.1) is 0 Å². The number of ether oxygens (including phenoxy) is 1. The van der Waals surface area contributed by atoms with Gasteiger partial charge < -0.3 is 19.6 Å². The van der Waals surface area contributed by atoms with Gasteiger partial charge in [-0.05, 0) is 48.9 Å². The Morgan fingerprint density at radius 1 is 1.11 bits per heavy atom. The number of aromatic nitrogens is 2. The zero-order chi connectivity index (χ0) is 26.4. The van der Waals surface area contributed by atoms with E-state index in [4.69, 9.17) is 4.74 Å². The number of anilines is 1. The van der Waals surface area contributed by atoms with Gasteiger partial charge >= 0.3 is 12.1 Å². The molecule has 1 aliphatic heterocycles. The molecule has 4 rings (SSSR count). The molecule has 0 saturated heterocycles. The lowest BCUT2D eigenvalue weighted by Crippen LogP contribution is -2.39. The molecule has 0 bridgehead atoms. The Balaban J connectivity index is 1.85. The van der Waals surface area contributed by atoms with Crippen molar-refractivity contribution in [1.29, 1.82) is 0 Å². The maximum absolute atomic E-state index is 13.8. The van der Waals surface area contributed by atoms with Crippen molar-refractivity contribution in [2.45, 2.75) is 12.6 Å². The Labute approximate surface area is 203 Å². The van der Waals surface area contributed by atoms with E-state index >= 15 is 0 Å². The van der Waals surface area contributed by atoms with Crippen LogP contribution in [0.4, 0.5) is 18.9 Å². The van der Waals surface area contributed by atoms with E-state index in [1.165, 1.54) is 53.3 Å². The van der Waals surface area contributed by atoms with E-state index < -0.39 is 23.7 Å². The van der Waals surface area contributed by atoms with Crippen molar-refractivity contribution in [3.05, 3.63) is 70.5 Å². The molecule has 1 aliphatic rings. The summed E-state index contributed by atoms with van der Waals surface area (Å²) in [4.78, 5) is 40.2. The third kappa shape index (κ3) is 4.25. The summed E-state index contributed by atoms with van der Waals surface area (Å²) >= 11 is 0. The number of hydrogen-bond acceptors (Lipinski definition) is 5. The van der Waals surface area contributed by atoms with Crippen molar-refractivity contribution >= 4 is 23.5 Å². The maximum Gasteiger partial charge on any atom is 0.435 e. The van der Waals surface area contributed by atoms with E-state index in [-0.39, 0.29) is 47.1 Å². The number of carboxylic acid groups (broad SMARTS) is 1. The highest BCUT2D eigenvalue weighted by Gasteiger charge is 2.43. The lowest BCUT2D eigenvalue weighted by atomic mass is 10.0. The van der Waals surface area contributed by atoms with Crippen LogP contribution in [0.2, 0.25) is 0 Å². The average Bonchev–Trinajstić information content (AvgIpc) is 3.24. The molecular formula is C24H21F3N4O5. The fourth-order valence-corrected chi connectivity index (χ4v) is 4.05. The minimum Gasteiger partial charge on any atom is -0.497 e. The van der Waals surface area contributed by atoms with Crippen molar-refractivity contribution in [2.75, 3.05) is 32.6 Å². The normalized spacial score (nSPS) is 13.4. The zero-order valence-corrected chi connectivity index (χ0v) is 19.5. The summed E-state index contributed by atoms with van der Waals surface area (Å²) in [5.74, 6) is -2.28. The number of aromatic carboxylic acids is 1. The van der Waals surface area contributed by atoms with Crippen LogP contribution in [0.5, 0.6) is 5.75 Å². The molecule has 9 nitrogen and oxygen atoms in total. The second-order valence-corrected chi connectivity index (χ2v) is 8.23. The number of benzene rings is 2. The fourth-order valence-electron chi connectivity index (χ4n) is 4.05. The van der Waals surface area contributed by atoms with Gasteiger partial charge in [-0.1, -0.05) is 0 Å². The van der Waals surface area contributed by atoms with Crippen LogP contribution >= 0.6 is 0 Å². The average molecular weight is 502 g/mol. The summed E-state index contributed by atoms with van der Waals surface area (Å²) < 4.78 is 47.3. The number of alkyl halides is 3. The van der Waals surface area contributed by atoms with Gasteiger partial charge in [0.1, 0.15) is 11.4 Å². The number of rotatable bonds is 5.